The second-order valence-corrected chi connectivity index (χ2v) is 6.87. The van der Waals surface area contributed by atoms with Gasteiger partial charge in [0.05, 0.1) is 13.3 Å². The number of piperidine rings is 1. The zero-order valence-corrected chi connectivity index (χ0v) is 16.0. The fraction of sp³-hybridized carbons (Fsp3) is 0.316. The summed E-state index contributed by atoms with van der Waals surface area (Å²) in [7, 11) is 1.62. The first-order chi connectivity index (χ1) is 13.6. The number of rotatable bonds is 5. The summed E-state index contributed by atoms with van der Waals surface area (Å²) in [5.41, 5.74) is 1.56. The molecule has 1 aliphatic heterocycles. The third kappa shape index (κ3) is 4.01. The minimum Gasteiger partial charge on any atom is -0.497 e. The second-order valence-electron chi connectivity index (χ2n) is 6.46. The summed E-state index contributed by atoms with van der Waals surface area (Å²) in [4.78, 5) is 10.7. The minimum atomic E-state index is -0.758. The first kappa shape index (κ1) is 18.5. The number of aromatic nitrogens is 3. The summed E-state index contributed by atoms with van der Waals surface area (Å²) in [6, 6.07) is 9.25. The van der Waals surface area contributed by atoms with Crippen LogP contribution in [0.2, 0.25) is 5.02 Å². The summed E-state index contributed by atoms with van der Waals surface area (Å²) >= 11 is 6.22. The van der Waals surface area contributed by atoms with E-state index in [1.54, 1.807) is 13.2 Å². The third-order valence-corrected chi connectivity index (χ3v) is 4.85. The Hall–Kier alpha value is -2.87. The average Bonchev–Trinajstić information content (AvgIpc) is 3.19. The van der Waals surface area contributed by atoms with Gasteiger partial charge in [-0.05, 0) is 37.1 Å². The Kier molecular flexibility index (Phi) is 5.29. The number of hydrogen-bond donors (Lipinski definition) is 1. The lowest BCUT2D eigenvalue weighted by atomic mass is 10.1. The topological polar surface area (TPSA) is 76.3 Å². The number of methoxy groups -OCH3 is 1. The molecule has 146 valence electrons. The van der Waals surface area contributed by atoms with Gasteiger partial charge in [-0.25, -0.2) is 9.37 Å². The molecule has 28 heavy (non-hydrogen) atoms. The standard InChI is InChI=1S/C19H19ClFN5O2/c1-27-14-4-2-12(3-5-14)16-10-17(28-25-16)23-18-15(20)11-22-19(24-18)26-8-6-13(21)7-9-26/h2-5,10-11,13H,6-9H2,1H3,(H,22,23,24). The van der Waals surface area contributed by atoms with E-state index in [9.17, 15) is 4.39 Å². The van der Waals surface area contributed by atoms with Crippen molar-refractivity contribution in [1.82, 2.24) is 15.1 Å². The smallest absolute Gasteiger partial charge is 0.230 e. The molecule has 0 radical (unpaired) electrons. The van der Waals surface area contributed by atoms with Gasteiger partial charge in [0.25, 0.3) is 0 Å². The van der Waals surface area contributed by atoms with Crippen molar-refractivity contribution < 1.29 is 13.7 Å². The summed E-state index contributed by atoms with van der Waals surface area (Å²) < 4.78 is 23.9. The summed E-state index contributed by atoms with van der Waals surface area (Å²) in [6.45, 7) is 1.15. The first-order valence-corrected chi connectivity index (χ1v) is 9.30. The Morgan fingerprint density at radius 2 is 2.00 bits per heavy atom. The van der Waals surface area contributed by atoms with Crippen molar-refractivity contribution in [2.75, 3.05) is 30.4 Å². The third-order valence-electron chi connectivity index (χ3n) is 4.58. The molecule has 1 N–H and O–H groups in total. The predicted octanol–water partition coefficient (Wildman–Crippen LogP) is 4.48. The van der Waals surface area contributed by atoms with Crippen molar-refractivity contribution in [2.24, 2.45) is 0 Å². The Morgan fingerprint density at radius 3 is 2.71 bits per heavy atom. The van der Waals surface area contributed by atoms with Crippen LogP contribution in [-0.2, 0) is 0 Å². The van der Waals surface area contributed by atoms with Crippen LogP contribution >= 0.6 is 11.6 Å². The first-order valence-electron chi connectivity index (χ1n) is 8.92. The lowest BCUT2D eigenvalue weighted by Gasteiger charge is -2.28. The normalized spacial score (nSPS) is 14.9. The molecule has 0 unspecified atom stereocenters. The molecule has 0 bridgehead atoms. The molecule has 1 fully saturated rings. The van der Waals surface area contributed by atoms with Gasteiger partial charge in [-0.3, -0.25) is 0 Å². The maximum atomic E-state index is 13.4. The summed E-state index contributed by atoms with van der Waals surface area (Å²) in [6.07, 6.45) is 1.71. The van der Waals surface area contributed by atoms with E-state index in [0.29, 0.717) is 54.3 Å². The van der Waals surface area contributed by atoms with Gasteiger partial charge in [0, 0.05) is 24.7 Å². The summed E-state index contributed by atoms with van der Waals surface area (Å²) in [5.74, 6) is 2.09. The van der Waals surface area contributed by atoms with Crippen molar-refractivity contribution in [3.8, 4) is 17.0 Å². The highest BCUT2D eigenvalue weighted by Gasteiger charge is 2.21. The Labute approximate surface area is 166 Å². The monoisotopic (exact) mass is 403 g/mol. The molecular formula is C19H19ClFN5O2. The van der Waals surface area contributed by atoms with E-state index in [2.05, 4.69) is 20.4 Å². The van der Waals surface area contributed by atoms with Gasteiger partial charge in [-0.1, -0.05) is 16.8 Å². The Morgan fingerprint density at radius 1 is 1.25 bits per heavy atom. The van der Waals surface area contributed by atoms with Gasteiger partial charge < -0.3 is 19.5 Å². The molecule has 2 aromatic heterocycles. The Bertz CT molecular complexity index is 942. The molecule has 0 atom stereocenters. The number of ether oxygens (including phenoxy) is 1. The van der Waals surface area contributed by atoms with Crippen LogP contribution in [0.25, 0.3) is 11.3 Å². The maximum absolute atomic E-state index is 13.4. The van der Waals surface area contributed by atoms with E-state index in [4.69, 9.17) is 20.9 Å². The number of alkyl halides is 1. The molecule has 3 aromatic rings. The van der Waals surface area contributed by atoms with Gasteiger partial charge in [-0.2, -0.15) is 4.98 Å². The molecule has 1 aliphatic rings. The lowest BCUT2D eigenvalue weighted by molar-refractivity contribution is 0.276. The molecule has 0 aliphatic carbocycles. The number of nitrogens with zero attached hydrogens (tertiary/aromatic N) is 4. The van der Waals surface area contributed by atoms with Gasteiger partial charge in [0.1, 0.15) is 22.6 Å². The van der Waals surface area contributed by atoms with Gasteiger partial charge in [0.2, 0.25) is 11.8 Å². The molecule has 7 nitrogen and oxygen atoms in total. The van der Waals surface area contributed by atoms with Crippen molar-refractivity contribution in [1.29, 1.82) is 0 Å². The van der Waals surface area contributed by atoms with Crippen molar-refractivity contribution >= 4 is 29.3 Å². The highest BCUT2D eigenvalue weighted by atomic mass is 35.5. The average molecular weight is 404 g/mol. The largest absolute Gasteiger partial charge is 0.497 e. The quantitative estimate of drug-likeness (QED) is 0.673. The highest BCUT2D eigenvalue weighted by molar-refractivity contribution is 6.32. The Balaban J connectivity index is 1.51. The van der Waals surface area contributed by atoms with Crippen LogP contribution < -0.4 is 15.0 Å². The number of benzene rings is 1. The summed E-state index contributed by atoms with van der Waals surface area (Å²) in [5, 5.41) is 7.46. The molecule has 1 saturated heterocycles. The zero-order valence-electron chi connectivity index (χ0n) is 15.2. The van der Waals surface area contributed by atoms with Crippen LogP contribution in [0.3, 0.4) is 0 Å². The fourth-order valence-corrected chi connectivity index (χ4v) is 3.13. The van der Waals surface area contributed by atoms with E-state index in [1.165, 1.54) is 6.20 Å². The van der Waals surface area contributed by atoms with E-state index >= 15 is 0 Å². The van der Waals surface area contributed by atoms with Gasteiger partial charge in [-0.15, -0.1) is 0 Å². The van der Waals surface area contributed by atoms with Crippen LogP contribution in [0.15, 0.2) is 41.1 Å². The molecule has 4 rings (SSSR count). The molecule has 3 heterocycles. The number of nitrogens with one attached hydrogen (secondary N) is 1. The molecule has 1 aromatic carbocycles. The highest BCUT2D eigenvalue weighted by Crippen LogP contribution is 2.29. The fourth-order valence-electron chi connectivity index (χ4n) is 2.99. The number of halogens is 2. The van der Waals surface area contributed by atoms with E-state index < -0.39 is 6.17 Å². The van der Waals surface area contributed by atoms with Crippen molar-refractivity contribution in [2.45, 2.75) is 19.0 Å². The van der Waals surface area contributed by atoms with Crippen LogP contribution in [-0.4, -0.2) is 41.5 Å². The van der Waals surface area contributed by atoms with Crippen LogP contribution in [0.5, 0.6) is 5.75 Å². The zero-order chi connectivity index (χ0) is 19.5. The van der Waals surface area contributed by atoms with Crippen molar-refractivity contribution in [3.63, 3.8) is 0 Å². The van der Waals surface area contributed by atoms with Crippen LogP contribution in [0, 0.1) is 0 Å². The molecule has 0 spiro atoms. The van der Waals surface area contributed by atoms with Gasteiger partial charge >= 0.3 is 0 Å². The van der Waals surface area contributed by atoms with E-state index in [1.807, 2.05) is 29.2 Å². The molecule has 9 heteroatoms. The van der Waals surface area contributed by atoms with Crippen LogP contribution in [0.4, 0.5) is 22.0 Å². The van der Waals surface area contributed by atoms with E-state index in [0.717, 1.165) is 11.3 Å². The van der Waals surface area contributed by atoms with E-state index in [-0.39, 0.29) is 0 Å². The number of hydrogen-bond acceptors (Lipinski definition) is 7. The molecule has 0 amide bonds. The predicted molar refractivity (Wildman–Crippen MR) is 105 cm³/mol. The maximum Gasteiger partial charge on any atom is 0.230 e. The minimum absolute atomic E-state index is 0.353. The molecular weight excluding hydrogens is 385 g/mol. The SMILES string of the molecule is COc1ccc(-c2cc(Nc3nc(N4CCC(F)CC4)ncc3Cl)on2)cc1. The van der Waals surface area contributed by atoms with Gasteiger partial charge in [0.15, 0.2) is 5.82 Å². The van der Waals surface area contributed by atoms with Crippen LogP contribution in [0.1, 0.15) is 12.8 Å². The second kappa shape index (κ2) is 8.02. The van der Waals surface area contributed by atoms with Crippen molar-refractivity contribution in [3.05, 3.63) is 41.6 Å². The molecule has 0 saturated carbocycles. The lowest BCUT2D eigenvalue weighted by Crippen LogP contribution is -2.35. The number of anilines is 3.